The Labute approximate surface area is 142 Å². The van der Waals surface area contributed by atoms with E-state index < -0.39 is 0 Å². The largest absolute Gasteiger partial charge is 0.370 e. The summed E-state index contributed by atoms with van der Waals surface area (Å²) in [5.74, 6) is 0.189. The van der Waals surface area contributed by atoms with Crippen molar-refractivity contribution in [2.24, 2.45) is 27.2 Å². The summed E-state index contributed by atoms with van der Waals surface area (Å²) in [7, 11) is 0. The van der Waals surface area contributed by atoms with E-state index in [4.69, 9.17) is 22.6 Å². The van der Waals surface area contributed by atoms with Gasteiger partial charge in [-0.3, -0.25) is 10.4 Å². The monoisotopic (exact) mass is 333 g/mol. The second-order valence-corrected chi connectivity index (χ2v) is 5.10. The number of aliphatic imine (C=N–C) groups is 2. The van der Waals surface area contributed by atoms with Gasteiger partial charge < -0.3 is 22.5 Å². The summed E-state index contributed by atoms with van der Waals surface area (Å²) in [4.78, 5) is 17.1. The molecule has 0 aliphatic heterocycles. The number of carbonyl (C=O) groups excluding carboxylic acids is 1. The first-order valence-electron chi connectivity index (χ1n) is 7.73. The Kier molecular flexibility index (Phi) is 12.1. The Balaban J connectivity index is 0.000000463. The molecular formula is C16H27N7O. The molecule has 1 rings (SSSR count). The van der Waals surface area contributed by atoms with Gasteiger partial charge in [-0.2, -0.15) is 4.99 Å². The quantitative estimate of drug-likeness (QED) is 0.209. The summed E-state index contributed by atoms with van der Waals surface area (Å²) in [6.07, 6.45) is 5.68. The van der Waals surface area contributed by atoms with Crippen molar-refractivity contribution < 1.29 is 4.79 Å². The lowest BCUT2D eigenvalue weighted by atomic mass is 10.2. The van der Waals surface area contributed by atoms with Crippen LogP contribution in [0, 0.1) is 12.3 Å². The van der Waals surface area contributed by atoms with E-state index in [1.165, 1.54) is 6.08 Å². The number of benzene rings is 1. The van der Waals surface area contributed by atoms with Crippen molar-refractivity contribution in [1.82, 2.24) is 5.32 Å². The molecule has 0 heterocycles. The lowest BCUT2D eigenvalue weighted by Crippen LogP contribution is -2.30. The zero-order chi connectivity index (χ0) is 18.2. The number of aryl methyl sites for hydroxylation is 1. The summed E-state index contributed by atoms with van der Waals surface area (Å²) < 4.78 is 0. The highest BCUT2D eigenvalue weighted by Crippen LogP contribution is 2.10. The average Bonchev–Trinajstić information content (AvgIpc) is 2.52. The molecule has 0 aliphatic carbocycles. The first-order chi connectivity index (χ1) is 11.5. The highest BCUT2D eigenvalue weighted by atomic mass is 16.1. The van der Waals surface area contributed by atoms with Gasteiger partial charge in [0.2, 0.25) is 6.08 Å². The van der Waals surface area contributed by atoms with E-state index >= 15 is 0 Å². The van der Waals surface area contributed by atoms with Crippen LogP contribution in [0.15, 0.2) is 34.3 Å². The number of hydrogen-bond donors (Lipinski definition) is 5. The molecule has 1 aromatic rings. The molecule has 0 atom stereocenters. The number of guanidine groups is 2. The molecule has 132 valence electrons. The highest BCUT2D eigenvalue weighted by Gasteiger charge is 1.90. The number of nitrogens with one attached hydrogen (secondary N) is 2. The molecule has 0 spiro atoms. The van der Waals surface area contributed by atoms with Crippen molar-refractivity contribution in [1.29, 1.82) is 5.41 Å². The van der Waals surface area contributed by atoms with Crippen LogP contribution in [-0.2, 0) is 4.79 Å². The van der Waals surface area contributed by atoms with Gasteiger partial charge in [0.15, 0.2) is 11.9 Å². The number of isocyanates is 1. The van der Waals surface area contributed by atoms with E-state index in [0.717, 1.165) is 37.8 Å². The Hall–Kier alpha value is -2.86. The summed E-state index contributed by atoms with van der Waals surface area (Å²) in [6.45, 7) is 3.44. The fourth-order valence-electron chi connectivity index (χ4n) is 1.69. The Morgan fingerprint density at radius 1 is 1.12 bits per heavy atom. The van der Waals surface area contributed by atoms with Crippen molar-refractivity contribution in [3.8, 4) is 0 Å². The maximum atomic E-state index is 9.77. The van der Waals surface area contributed by atoms with Crippen molar-refractivity contribution in [3.05, 3.63) is 29.8 Å². The standard InChI is InChI=1S/C8H20N6.C8H7NO/c9-7(10)13-5-3-1-2-4-6-14-8(11)12;1-7-2-4-8(5-3-7)9-6-10/h1-6H2,(H4,9,10,13)(H4,11,12,14);2-5H,1H3. The Morgan fingerprint density at radius 3 is 2.29 bits per heavy atom. The maximum Gasteiger partial charge on any atom is 0.240 e. The predicted molar refractivity (Wildman–Crippen MR) is 98.0 cm³/mol. The molecular weight excluding hydrogens is 306 g/mol. The maximum absolute atomic E-state index is 9.77. The van der Waals surface area contributed by atoms with Crippen LogP contribution in [0.3, 0.4) is 0 Å². The smallest absolute Gasteiger partial charge is 0.240 e. The topological polar surface area (TPSA) is 156 Å². The van der Waals surface area contributed by atoms with Crippen LogP contribution in [0.4, 0.5) is 5.69 Å². The fourth-order valence-corrected chi connectivity index (χ4v) is 1.69. The van der Waals surface area contributed by atoms with Crippen molar-refractivity contribution in [3.63, 3.8) is 0 Å². The number of rotatable bonds is 8. The second-order valence-electron chi connectivity index (χ2n) is 5.10. The molecule has 0 amide bonds. The molecule has 8 heteroatoms. The third-order valence-electron chi connectivity index (χ3n) is 2.90. The van der Waals surface area contributed by atoms with Crippen LogP contribution in [0.2, 0.25) is 0 Å². The van der Waals surface area contributed by atoms with E-state index in [9.17, 15) is 4.79 Å². The SMILES string of the molecule is Cc1ccc(N=C=O)cc1.N=C(N)NCCCCCCN=C(N)N. The average molecular weight is 333 g/mol. The van der Waals surface area contributed by atoms with Gasteiger partial charge in [-0.1, -0.05) is 30.5 Å². The lowest BCUT2D eigenvalue weighted by molar-refractivity contribution is 0.565. The van der Waals surface area contributed by atoms with Crippen molar-refractivity contribution >= 4 is 23.7 Å². The van der Waals surface area contributed by atoms with Gasteiger partial charge in [-0.25, -0.2) is 4.79 Å². The molecule has 24 heavy (non-hydrogen) atoms. The molecule has 0 fully saturated rings. The van der Waals surface area contributed by atoms with Gasteiger partial charge in [0, 0.05) is 13.1 Å². The van der Waals surface area contributed by atoms with Gasteiger partial charge in [0.05, 0.1) is 5.69 Å². The molecule has 8 N–H and O–H groups in total. The third kappa shape index (κ3) is 14.1. The first kappa shape index (κ1) is 21.1. The Bertz CT molecular complexity index is 544. The first-order valence-corrected chi connectivity index (χ1v) is 7.73. The van der Waals surface area contributed by atoms with Gasteiger partial charge in [0.1, 0.15) is 0 Å². The summed E-state index contributed by atoms with van der Waals surface area (Å²) in [5.41, 5.74) is 17.3. The molecule has 0 radical (unpaired) electrons. The van der Waals surface area contributed by atoms with Crippen LogP contribution in [0.25, 0.3) is 0 Å². The normalized spacial score (nSPS) is 9.04. The lowest BCUT2D eigenvalue weighted by Gasteiger charge is -2.02. The summed E-state index contributed by atoms with van der Waals surface area (Å²) in [6, 6.07) is 7.35. The summed E-state index contributed by atoms with van der Waals surface area (Å²) >= 11 is 0. The van der Waals surface area contributed by atoms with Gasteiger partial charge in [0.25, 0.3) is 0 Å². The highest BCUT2D eigenvalue weighted by molar-refractivity contribution is 5.75. The fraction of sp³-hybridized carbons (Fsp3) is 0.438. The van der Waals surface area contributed by atoms with E-state index in [0.29, 0.717) is 12.2 Å². The number of nitrogens with zero attached hydrogens (tertiary/aromatic N) is 2. The van der Waals surface area contributed by atoms with Crippen LogP contribution >= 0.6 is 0 Å². The third-order valence-corrected chi connectivity index (χ3v) is 2.90. The van der Waals surface area contributed by atoms with Crippen molar-refractivity contribution in [2.45, 2.75) is 32.6 Å². The van der Waals surface area contributed by atoms with E-state index in [-0.39, 0.29) is 11.9 Å². The second kappa shape index (κ2) is 13.8. The molecule has 0 aliphatic rings. The molecule has 0 saturated heterocycles. The van der Waals surface area contributed by atoms with E-state index in [2.05, 4.69) is 15.3 Å². The minimum Gasteiger partial charge on any atom is -0.370 e. The molecule has 0 unspecified atom stereocenters. The minimum absolute atomic E-state index is 0.0329. The van der Waals surface area contributed by atoms with Gasteiger partial charge in [-0.05, 0) is 31.9 Å². The van der Waals surface area contributed by atoms with Crippen LogP contribution in [-0.4, -0.2) is 31.1 Å². The van der Waals surface area contributed by atoms with Crippen molar-refractivity contribution in [2.75, 3.05) is 13.1 Å². The van der Waals surface area contributed by atoms with Crippen LogP contribution in [0.5, 0.6) is 0 Å². The molecule has 8 nitrogen and oxygen atoms in total. The predicted octanol–water partition coefficient (Wildman–Crippen LogP) is 1.27. The van der Waals surface area contributed by atoms with Gasteiger partial charge in [-0.15, -0.1) is 0 Å². The van der Waals surface area contributed by atoms with Crippen LogP contribution in [0.1, 0.15) is 31.2 Å². The van der Waals surface area contributed by atoms with E-state index in [1.807, 2.05) is 19.1 Å². The number of hydrogen-bond acceptors (Lipinski definition) is 4. The Morgan fingerprint density at radius 2 is 1.75 bits per heavy atom. The number of nitrogens with two attached hydrogens (primary N) is 3. The van der Waals surface area contributed by atoms with Gasteiger partial charge >= 0.3 is 0 Å². The van der Waals surface area contributed by atoms with E-state index in [1.54, 1.807) is 12.1 Å². The number of unbranched alkanes of at least 4 members (excludes halogenated alkanes) is 3. The minimum atomic E-state index is 0.0329. The molecule has 1 aromatic carbocycles. The molecule has 0 bridgehead atoms. The molecule has 0 saturated carbocycles. The molecule has 0 aromatic heterocycles. The summed E-state index contributed by atoms with van der Waals surface area (Å²) in [5, 5.41) is 9.66. The zero-order valence-electron chi connectivity index (χ0n) is 14.1. The zero-order valence-corrected chi connectivity index (χ0v) is 14.1. The van der Waals surface area contributed by atoms with Crippen LogP contribution < -0.4 is 22.5 Å².